The lowest BCUT2D eigenvalue weighted by Gasteiger charge is -2.25. The molecule has 0 saturated carbocycles. The Balaban J connectivity index is 1.55. The van der Waals surface area contributed by atoms with Gasteiger partial charge in [0.2, 0.25) is 10.0 Å². The van der Waals surface area contributed by atoms with Crippen LogP contribution in [0.2, 0.25) is 0 Å². The van der Waals surface area contributed by atoms with Crippen molar-refractivity contribution in [2.75, 3.05) is 26.7 Å². The summed E-state index contributed by atoms with van der Waals surface area (Å²) in [5.41, 5.74) is 1.55. The molecule has 1 saturated heterocycles. The van der Waals surface area contributed by atoms with Crippen molar-refractivity contribution in [3.8, 4) is 5.75 Å². The lowest BCUT2D eigenvalue weighted by molar-refractivity contribution is 0.0990. The first-order valence-electron chi connectivity index (χ1n) is 9.48. The molecule has 1 aliphatic heterocycles. The molecule has 0 bridgehead atoms. The van der Waals surface area contributed by atoms with Crippen LogP contribution in [0.5, 0.6) is 5.75 Å². The van der Waals surface area contributed by atoms with Crippen LogP contribution in [0.1, 0.15) is 35.2 Å². The number of methoxy groups -OCH3 is 1. The number of carbonyl (C=O) groups is 1. The number of sulfonamides is 1. The SMILES string of the molecule is COc1ccc(CNCC(=O)c2ccc(S(=O)(=O)N3CCCCC3)cc2)cc1. The van der Waals surface area contributed by atoms with Crippen molar-refractivity contribution in [2.24, 2.45) is 0 Å². The third-order valence-electron chi connectivity index (χ3n) is 4.90. The number of ketones is 1. The van der Waals surface area contributed by atoms with Gasteiger partial charge in [-0.15, -0.1) is 0 Å². The first-order chi connectivity index (χ1) is 13.5. The molecule has 1 N–H and O–H groups in total. The highest BCUT2D eigenvalue weighted by atomic mass is 32.2. The number of carbonyl (C=O) groups excluding carboxylic acids is 1. The van der Waals surface area contributed by atoms with Crippen molar-refractivity contribution in [3.63, 3.8) is 0 Å². The standard InChI is InChI=1S/C21H26N2O4S/c1-27-19-9-5-17(6-10-19)15-22-16-21(24)18-7-11-20(12-8-18)28(25,26)23-13-3-2-4-14-23/h5-12,22H,2-4,13-16H2,1H3. The molecule has 0 amide bonds. The number of hydrogen-bond acceptors (Lipinski definition) is 5. The monoisotopic (exact) mass is 402 g/mol. The average Bonchev–Trinajstić information content (AvgIpc) is 2.75. The van der Waals surface area contributed by atoms with E-state index in [1.165, 1.54) is 16.4 Å². The van der Waals surface area contributed by atoms with E-state index in [-0.39, 0.29) is 17.2 Å². The Morgan fingerprint density at radius 2 is 1.64 bits per heavy atom. The molecule has 0 spiro atoms. The molecule has 0 radical (unpaired) electrons. The van der Waals surface area contributed by atoms with E-state index in [2.05, 4.69) is 5.32 Å². The summed E-state index contributed by atoms with van der Waals surface area (Å²) >= 11 is 0. The molecule has 1 heterocycles. The highest BCUT2D eigenvalue weighted by Crippen LogP contribution is 2.21. The molecule has 28 heavy (non-hydrogen) atoms. The number of piperidine rings is 1. The zero-order valence-corrected chi connectivity index (χ0v) is 16.9. The van der Waals surface area contributed by atoms with Gasteiger partial charge in [-0.1, -0.05) is 30.7 Å². The topological polar surface area (TPSA) is 75.7 Å². The van der Waals surface area contributed by atoms with Crippen LogP contribution in [0, 0.1) is 0 Å². The van der Waals surface area contributed by atoms with Gasteiger partial charge in [-0.3, -0.25) is 4.79 Å². The molecule has 1 aliphatic rings. The number of ether oxygens (including phenoxy) is 1. The van der Waals surface area contributed by atoms with Gasteiger partial charge < -0.3 is 10.1 Å². The van der Waals surface area contributed by atoms with Crippen LogP contribution in [0.15, 0.2) is 53.4 Å². The minimum atomic E-state index is -3.47. The predicted molar refractivity (Wildman–Crippen MR) is 108 cm³/mol. The van der Waals surface area contributed by atoms with Gasteiger partial charge in [0, 0.05) is 25.2 Å². The van der Waals surface area contributed by atoms with Crippen molar-refractivity contribution in [1.82, 2.24) is 9.62 Å². The molecule has 2 aromatic carbocycles. The molecule has 150 valence electrons. The normalized spacial score (nSPS) is 15.3. The van der Waals surface area contributed by atoms with Gasteiger partial charge >= 0.3 is 0 Å². The summed E-state index contributed by atoms with van der Waals surface area (Å²) in [6.45, 7) is 1.89. The van der Waals surface area contributed by atoms with Crippen LogP contribution in [0.4, 0.5) is 0 Å². The fraction of sp³-hybridized carbons (Fsp3) is 0.381. The van der Waals surface area contributed by atoms with Crippen LogP contribution in [0.25, 0.3) is 0 Å². The smallest absolute Gasteiger partial charge is 0.243 e. The third-order valence-corrected chi connectivity index (χ3v) is 6.82. The van der Waals surface area contributed by atoms with E-state index in [0.717, 1.165) is 30.6 Å². The molecule has 1 fully saturated rings. The van der Waals surface area contributed by atoms with E-state index in [9.17, 15) is 13.2 Å². The van der Waals surface area contributed by atoms with Crippen molar-refractivity contribution in [1.29, 1.82) is 0 Å². The van der Waals surface area contributed by atoms with Crippen LogP contribution in [-0.2, 0) is 16.6 Å². The molecule has 0 aliphatic carbocycles. The average molecular weight is 403 g/mol. The summed E-state index contributed by atoms with van der Waals surface area (Å²) in [4.78, 5) is 12.6. The summed E-state index contributed by atoms with van der Waals surface area (Å²) in [6.07, 6.45) is 2.87. The van der Waals surface area contributed by atoms with Crippen LogP contribution >= 0.6 is 0 Å². The van der Waals surface area contributed by atoms with Gasteiger partial charge in [0.25, 0.3) is 0 Å². The van der Waals surface area contributed by atoms with E-state index in [4.69, 9.17) is 4.74 Å². The number of hydrogen-bond donors (Lipinski definition) is 1. The maximum Gasteiger partial charge on any atom is 0.243 e. The fourth-order valence-electron chi connectivity index (χ4n) is 3.23. The second kappa shape index (κ2) is 9.32. The van der Waals surface area contributed by atoms with E-state index in [1.807, 2.05) is 24.3 Å². The van der Waals surface area contributed by atoms with E-state index in [0.29, 0.717) is 25.2 Å². The highest BCUT2D eigenvalue weighted by molar-refractivity contribution is 7.89. The van der Waals surface area contributed by atoms with Gasteiger partial charge in [0.1, 0.15) is 5.75 Å². The van der Waals surface area contributed by atoms with Crippen LogP contribution in [-0.4, -0.2) is 45.3 Å². The highest BCUT2D eigenvalue weighted by Gasteiger charge is 2.25. The van der Waals surface area contributed by atoms with Crippen molar-refractivity contribution >= 4 is 15.8 Å². The molecule has 3 rings (SSSR count). The number of nitrogens with zero attached hydrogens (tertiary/aromatic N) is 1. The van der Waals surface area contributed by atoms with Gasteiger partial charge in [-0.25, -0.2) is 8.42 Å². The molecule has 0 aromatic heterocycles. The number of Topliss-reactive ketones (excluding diaryl/α,β-unsaturated/α-hetero) is 1. The number of rotatable bonds is 8. The molecule has 6 nitrogen and oxygen atoms in total. The van der Waals surface area contributed by atoms with Gasteiger partial charge in [-0.2, -0.15) is 4.31 Å². The molecule has 2 aromatic rings. The lowest BCUT2D eigenvalue weighted by atomic mass is 10.1. The molecule has 7 heteroatoms. The second-order valence-corrected chi connectivity index (χ2v) is 8.80. The van der Waals surface area contributed by atoms with E-state index >= 15 is 0 Å². The summed E-state index contributed by atoms with van der Waals surface area (Å²) in [6, 6.07) is 13.9. The Kier molecular flexibility index (Phi) is 6.83. The molecule has 0 atom stereocenters. The molecular weight excluding hydrogens is 376 g/mol. The molecular formula is C21H26N2O4S. The first-order valence-corrected chi connectivity index (χ1v) is 10.9. The summed E-state index contributed by atoms with van der Waals surface area (Å²) in [5.74, 6) is 0.717. The van der Waals surface area contributed by atoms with Crippen LogP contribution < -0.4 is 10.1 Å². The Morgan fingerprint density at radius 1 is 1.00 bits per heavy atom. The Hall–Kier alpha value is -2.22. The third kappa shape index (κ3) is 4.98. The first kappa shape index (κ1) is 20.5. The fourth-order valence-corrected chi connectivity index (χ4v) is 4.75. The largest absolute Gasteiger partial charge is 0.497 e. The van der Waals surface area contributed by atoms with Crippen molar-refractivity contribution < 1.29 is 17.9 Å². The second-order valence-electron chi connectivity index (χ2n) is 6.86. The summed E-state index contributed by atoms with van der Waals surface area (Å²) in [7, 11) is -1.85. The quantitative estimate of drug-likeness (QED) is 0.687. The minimum Gasteiger partial charge on any atom is -0.497 e. The zero-order valence-electron chi connectivity index (χ0n) is 16.1. The minimum absolute atomic E-state index is 0.0737. The zero-order chi connectivity index (χ0) is 20.0. The Bertz CT molecular complexity index is 887. The van der Waals surface area contributed by atoms with Gasteiger partial charge in [0.05, 0.1) is 18.6 Å². The molecule has 0 unspecified atom stereocenters. The number of nitrogens with one attached hydrogen (secondary N) is 1. The van der Waals surface area contributed by atoms with E-state index in [1.54, 1.807) is 19.2 Å². The van der Waals surface area contributed by atoms with Gasteiger partial charge in [-0.05, 0) is 42.7 Å². The van der Waals surface area contributed by atoms with Gasteiger partial charge in [0.15, 0.2) is 5.78 Å². The summed E-state index contributed by atoms with van der Waals surface area (Å²) in [5, 5.41) is 3.12. The lowest BCUT2D eigenvalue weighted by Crippen LogP contribution is -2.35. The maximum absolute atomic E-state index is 12.7. The van der Waals surface area contributed by atoms with Crippen molar-refractivity contribution in [3.05, 3.63) is 59.7 Å². The Morgan fingerprint density at radius 3 is 2.25 bits per heavy atom. The van der Waals surface area contributed by atoms with Crippen LogP contribution in [0.3, 0.4) is 0 Å². The predicted octanol–water partition coefficient (Wildman–Crippen LogP) is 2.84. The number of benzene rings is 2. The maximum atomic E-state index is 12.7. The Labute approximate surface area is 166 Å². The van der Waals surface area contributed by atoms with E-state index < -0.39 is 10.0 Å². The van der Waals surface area contributed by atoms with Crippen molar-refractivity contribution in [2.45, 2.75) is 30.7 Å². The summed E-state index contributed by atoms with van der Waals surface area (Å²) < 4.78 is 32.0.